The second-order valence-electron chi connectivity index (χ2n) is 13.0. The van der Waals surface area contributed by atoms with Crippen molar-refractivity contribution in [2.45, 2.75) is 13.8 Å². The second-order valence-corrected chi connectivity index (χ2v) is 13.0. The Balaban J connectivity index is 0.000000164. The number of anilines is 8. The van der Waals surface area contributed by atoms with Crippen LogP contribution < -0.4 is 58.7 Å². The summed E-state index contributed by atoms with van der Waals surface area (Å²) in [5, 5.41) is 5.83. The van der Waals surface area contributed by atoms with E-state index in [0.717, 1.165) is 45.6 Å². The highest BCUT2D eigenvalue weighted by Crippen LogP contribution is 2.48. The maximum atomic E-state index is 12.3. The fourth-order valence-electron chi connectivity index (χ4n) is 6.47. The molecule has 0 radical (unpaired) electrons. The standard InChI is InChI=1S/C20H23N3O4.C19H21N3O4/c1-4-25-17-9-13(22(2)3)5-6-15(17)23-12-20(24)21-14-10-18-19(11-16(14)23)27-8-7-26-18;1-4-24-16-7-12(21(2)3)5-6-14(16)22-10-19(23)20-13-8-17-18(9-15(13)22)26-11-25-17/h5-6,9-11H,4,7-8,12H2,1-3H3,(H,21,24);5-9H,4,10-11H2,1-3H3,(H,20,23). The molecule has 0 aromatic heterocycles. The Morgan fingerprint density at radius 3 is 1.43 bits per heavy atom. The van der Waals surface area contributed by atoms with E-state index in [9.17, 15) is 9.59 Å². The van der Waals surface area contributed by atoms with Gasteiger partial charge in [-0.3, -0.25) is 9.59 Å². The fourth-order valence-corrected chi connectivity index (χ4v) is 6.47. The monoisotopic (exact) mass is 724 g/mol. The molecule has 14 heteroatoms. The number of ether oxygens (including phenoxy) is 6. The molecule has 0 aliphatic carbocycles. The van der Waals surface area contributed by atoms with Gasteiger partial charge in [-0.2, -0.15) is 0 Å². The number of nitrogens with one attached hydrogen (secondary N) is 2. The molecule has 0 saturated heterocycles. The summed E-state index contributed by atoms with van der Waals surface area (Å²) in [7, 11) is 7.93. The summed E-state index contributed by atoms with van der Waals surface area (Å²) in [6.07, 6.45) is 0. The minimum atomic E-state index is -0.0875. The Hall–Kier alpha value is -6.18. The highest BCUT2D eigenvalue weighted by Gasteiger charge is 2.31. The number of amides is 2. The molecule has 278 valence electrons. The van der Waals surface area contributed by atoms with Crippen molar-refractivity contribution in [3.8, 4) is 34.5 Å². The van der Waals surface area contributed by atoms with Gasteiger partial charge < -0.3 is 58.7 Å². The number of hydrogen-bond donors (Lipinski definition) is 2. The summed E-state index contributed by atoms with van der Waals surface area (Å²) in [6, 6.07) is 19.4. The summed E-state index contributed by atoms with van der Waals surface area (Å²) < 4.78 is 34.1. The van der Waals surface area contributed by atoms with E-state index < -0.39 is 0 Å². The minimum absolute atomic E-state index is 0.0849. The fraction of sp³-hybridized carbons (Fsp3) is 0.333. The number of rotatable bonds is 8. The van der Waals surface area contributed by atoms with Crippen molar-refractivity contribution in [3.05, 3.63) is 60.7 Å². The zero-order chi connectivity index (χ0) is 37.2. The minimum Gasteiger partial charge on any atom is -0.492 e. The molecule has 0 fully saturated rings. The van der Waals surface area contributed by atoms with Crippen LogP contribution in [0.1, 0.15) is 13.8 Å². The lowest BCUT2D eigenvalue weighted by atomic mass is 10.1. The highest BCUT2D eigenvalue weighted by molar-refractivity contribution is 6.05. The SMILES string of the molecule is CCOc1cc(N(C)C)ccc1N1CC(=O)Nc2cc3c(cc21)OCCO3.CCOc1cc(N(C)C)ccc1N1CC(=O)Nc2cc3c(cc21)OCO3. The molecule has 0 spiro atoms. The summed E-state index contributed by atoms with van der Waals surface area (Å²) in [4.78, 5) is 32.6. The number of fused-ring (bicyclic) bond motifs is 4. The van der Waals surface area contributed by atoms with Crippen LogP contribution in [-0.4, -0.2) is 86.3 Å². The quantitative estimate of drug-likeness (QED) is 0.222. The average molecular weight is 725 g/mol. The first-order valence-electron chi connectivity index (χ1n) is 17.5. The maximum absolute atomic E-state index is 12.3. The van der Waals surface area contributed by atoms with E-state index in [-0.39, 0.29) is 31.7 Å². The lowest BCUT2D eigenvalue weighted by Crippen LogP contribution is -2.35. The van der Waals surface area contributed by atoms with Gasteiger partial charge in [-0.15, -0.1) is 0 Å². The molecule has 4 aliphatic heterocycles. The van der Waals surface area contributed by atoms with Crippen LogP contribution in [0.15, 0.2) is 60.7 Å². The number of hydrogen-bond acceptors (Lipinski definition) is 12. The molecule has 4 aromatic carbocycles. The Bertz CT molecular complexity index is 2040. The Labute approximate surface area is 308 Å². The van der Waals surface area contributed by atoms with E-state index in [0.29, 0.717) is 60.8 Å². The summed E-state index contributed by atoms with van der Waals surface area (Å²) >= 11 is 0. The van der Waals surface area contributed by atoms with Gasteiger partial charge in [-0.1, -0.05) is 0 Å². The largest absolute Gasteiger partial charge is 0.492 e. The van der Waals surface area contributed by atoms with Crippen molar-refractivity contribution in [2.24, 2.45) is 0 Å². The average Bonchev–Trinajstić information content (AvgIpc) is 3.60. The second kappa shape index (κ2) is 14.8. The van der Waals surface area contributed by atoms with E-state index in [1.165, 1.54) is 0 Å². The topological polar surface area (TPSA) is 127 Å². The lowest BCUT2D eigenvalue weighted by molar-refractivity contribution is -0.115. The van der Waals surface area contributed by atoms with E-state index in [1.807, 2.05) is 116 Å². The molecular weight excluding hydrogens is 680 g/mol. The molecule has 0 bridgehead atoms. The van der Waals surface area contributed by atoms with Crippen LogP contribution in [0.25, 0.3) is 0 Å². The highest BCUT2D eigenvalue weighted by atomic mass is 16.7. The third kappa shape index (κ3) is 7.16. The van der Waals surface area contributed by atoms with Crippen LogP contribution in [-0.2, 0) is 9.59 Å². The molecule has 4 heterocycles. The van der Waals surface area contributed by atoms with Gasteiger partial charge >= 0.3 is 0 Å². The molecule has 0 saturated carbocycles. The first-order chi connectivity index (χ1) is 25.6. The van der Waals surface area contributed by atoms with Crippen molar-refractivity contribution in [1.29, 1.82) is 0 Å². The smallest absolute Gasteiger partial charge is 0.244 e. The van der Waals surface area contributed by atoms with Gasteiger partial charge in [0, 0.05) is 76.0 Å². The predicted molar refractivity (Wildman–Crippen MR) is 205 cm³/mol. The third-order valence-electron chi connectivity index (χ3n) is 8.99. The molecular formula is C39H44N6O8. The lowest BCUT2D eigenvalue weighted by Gasteiger charge is -2.33. The summed E-state index contributed by atoms with van der Waals surface area (Å²) in [5.74, 6) is 3.94. The molecule has 0 unspecified atom stereocenters. The molecule has 53 heavy (non-hydrogen) atoms. The van der Waals surface area contributed by atoms with Crippen LogP contribution >= 0.6 is 0 Å². The predicted octanol–water partition coefficient (Wildman–Crippen LogP) is 5.98. The Morgan fingerprint density at radius 1 is 0.585 bits per heavy atom. The number of carbonyl (C=O) groups is 2. The zero-order valence-corrected chi connectivity index (χ0v) is 30.8. The molecule has 2 N–H and O–H groups in total. The van der Waals surface area contributed by atoms with Crippen molar-refractivity contribution in [2.75, 3.05) is 105 Å². The van der Waals surface area contributed by atoms with Crippen LogP contribution in [0, 0.1) is 0 Å². The molecule has 2 amide bonds. The number of benzene rings is 4. The van der Waals surface area contributed by atoms with Crippen molar-refractivity contribution in [3.63, 3.8) is 0 Å². The van der Waals surface area contributed by atoms with Gasteiger partial charge in [-0.25, -0.2) is 0 Å². The summed E-state index contributed by atoms with van der Waals surface area (Å²) in [5.41, 5.74) is 6.86. The van der Waals surface area contributed by atoms with Gasteiger partial charge in [0.1, 0.15) is 37.8 Å². The van der Waals surface area contributed by atoms with Crippen LogP contribution in [0.5, 0.6) is 34.5 Å². The van der Waals surface area contributed by atoms with E-state index in [4.69, 9.17) is 28.4 Å². The molecule has 8 rings (SSSR count). The first kappa shape index (κ1) is 35.2. The van der Waals surface area contributed by atoms with Gasteiger partial charge in [0.15, 0.2) is 23.0 Å². The zero-order valence-electron chi connectivity index (χ0n) is 30.8. The van der Waals surface area contributed by atoms with Crippen LogP contribution in [0.3, 0.4) is 0 Å². The van der Waals surface area contributed by atoms with E-state index in [2.05, 4.69) is 10.6 Å². The summed E-state index contributed by atoms with van der Waals surface area (Å²) in [6.45, 7) is 6.58. The van der Waals surface area contributed by atoms with Gasteiger partial charge in [0.2, 0.25) is 18.6 Å². The third-order valence-corrected chi connectivity index (χ3v) is 8.99. The van der Waals surface area contributed by atoms with Crippen molar-refractivity contribution >= 4 is 57.3 Å². The molecule has 0 atom stereocenters. The van der Waals surface area contributed by atoms with Gasteiger partial charge in [0.25, 0.3) is 0 Å². The van der Waals surface area contributed by atoms with E-state index >= 15 is 0 Å². The normalized spacial score (nSPS) is 14.9. The van der Waals surface area contributed by atoms with Crippen molar-refractivity contribution < 1.29 is 38.0 Å². The van der Waals surface area contributed by atoms with Crippen LogP contribution in [0.4, 0.5) is 45.5 Å². The van der Waals surface area contributed by atoms with Crippen LogP contribution in [0.2, 0.25) is 0 Å². The number of carbonyl (C=O) groups excluding carboxylic acids is 2. The van der Waals surface area contributed by atoms with Crippen molar-refractivity contribution in [1.82, 2.24) is 0 Å². The molecule has 4 aromatic rings. The van der Waals surface area contributed by atoms with Gasteiger partial charge in [-0.05, 0) is 38.1 Å². The first-order valence-corrected chi connectivity index (χ1v) is 17.5. The maximum Gasteiger partial charge on any atom is 0.244 e. The Kier molecular flexibility index (Phi) is 9.85. The van der Waals surface area contributed by atoms with E-state index in [1.54, 1.807) is 6.07 Å². The molecule has 14 nitrogen and oxygen atoms in total. The number of nitrogens with zero attached hydrogens (tertiary/aromatic N) is 4. The molecule has 4 aliphatic rings. The van der Waals surface area contributed by atoms with Gasteiger partial charge in [0.05, 0.1) is 47.3 Å². The Morgan fingerprint density at radius 2 is 1.00 bits per heavy atom.